The Bertz CT molecular complexity index is 1250. The fourth-order valence-electron chi connectivity index (χ4n) is 3.27. The molecule has 0 aliphatic heterocycles. The summed E-state index contributed by atoms with van der Waals surface area (Å²) in [5.41, 5.74) is 5.31. The highest BCUT2D eigenvalue weighted by Gasteiger charge is 2.05. The highest BCUT2D eigenvalue weighted by molar-refractivity contribution is 9.10. The SMILES string of the molecule is O=C(CNc1cccc2ccccc12)NN=Cc1ccccc1OCc1cccc(Br)c1. The van der Waals surface area contributed by atoms with Gasteiger partial charge in [0.1, 0.15) is 12.4 Å². The zero-order valence-corrected chi connectivity index (χ0v) is 18.9. The van der Waals surface area contributed by atoms with Gasteiger partial charge in [0.15, 0.2) is 0 Å². The van der Waals surface area contributed by atoms with Crippen LogP contribution in [0, 0.1) is 0 Å². The molecular formula is C26H22BrN3O2. The molecule has 0 unspecified atom stereocenters. The maximum Gasteiger partial charge on any atom is 0.259 e. The second-order valence-electron chi connectivity index (χ2n) is 7.13. The molecule has 4 aromatic rings. The zero-order valence-electron chi connectivity index (χ0n) is 17.3. The first kappa shape index (κ1) is 21.6. The predicted octanol–water partition coefficient (Wildman–Crippen LogP) is 5.74. The average molecular weight is 488 g/mol. The molecule has 0 aliphatic rings. The third-order valence-corrected chi connectivity index (χ3v) is 5.32. The van der Waals surface area contributed by atoms with Crippen molar-refractivity contribution < 1.29 is 9.53 Å². The Morgan fingerprint density at radius 1 is 0.938 bits per heavy atom. The molecule has 160 valence electrons. The van der Waals surface area contributed by atoms with E-state index in [0.29, 0.717) is 12.4 Å². The van der Waals surface area contributed by atoms with Gasteiger partial charge in [-0.15, -0.1) is 0 Å². The van der Waals surface area contributed by atoms with Crippen molar-refractivity contribution in [3.63, 3.8) is 0 Å². The van der Waals surface area contributed by atoms with E-state index in [1.807, 2.05) is 91.0 Å². The average Bonchev–Trinajstić information content (AvgIpc) is 2.82. The number of hydrogen-bond acceptors (Lipinski definition) is 4. The van der Waals surface area contributed by atoms with Gasteiger partial charge in [0, 0.05) is 21.1 Å². The molecule has 0 radical (unpaired) electrons. The lowest BCUT2D eigenvalue weighted by atomic mass is 10.1. The molecule has 5 nitrogen and oxygen atoms in total. The number of benzene rings is 4. The van der Waals surface area contributed by atoms with Crippen LogP contribution in [0.5, 0.6) is 5.75 Å². The number of carbonyl (C=O) groups excluding carboxylic acids is 1. The van der Waals surface area contributed by atoms with Crippen LogP contribution in [-0.4, -0.2) is 18.7 Å². The minimum atomic E-state index is -0.235. The van der Waals surface area contributed by atoms with Gasteiger partial charge in [-0.05, 0) is 41.3 Å². The Morgan fingerprint density at radius 3 is 2.62 bits per heavy atom. The third kappa shape index (κ3) is 5.74. The van der Waals surface area contributed by atoms with E-state index in [4.69, 9.17) is 4.74 Å². The summed E-state index contributed by atoms with van der Waals surface area (Å²) >= 11 is 3.47. The second kappa shape index (κ2) is 10.6. The third-order valence-electron chi connectivity index (χ3n) is 4.82. The van der Waals surface area contributed by atoms with Gasteiger partial charge in [-0.25, -0.2) is 5.43 Å². The van der Waals surface area contributed by atoms with Gasteiger partial charge in [0.25, 0.3) is 5.91 Å². The lowest BCUT2D eigenvalue weighted by molar-refractivity contribution is -0.119. The molecule has 6 heteroatoms. The minimum Gasteiger partial charge on any atom is -0.488 e. The number of halogens is 1. The Morgan fingerprint density at radius 2 is 1.72 bits per heavy atom. The molecule has 0 aromatic heterocycles. The second-order valence-corrected chi connectivity index (χ2v) is 8.05. The number of amides is 1. The highest BCUT2D eigenvalue weighted by atomic mass is 79.9. The van der Waals surface area contributed by atoms with Gasteiger partial charge in [-0.1, -0.05) is 76.6 Å². The number of nitrogens with one attached hydrogen (secondary N) is 2. The molecule has 0 fully saturated rings. The molecule has 0 bridgehead atoms. The molecule has 0 spiro atoms. The van der Waals surface area contributed by atoms with Gasteiger partial charge >= 0.3 is 0 Å². The summed E-state index contributed by atoms with van der Waals surface area (Å²) in [5, 5.41) is 9.46. The molecule has 2 N–H and O–H groups in total. The normalized spacial score (nSPS) is 10.9. The van der Waals surface area contributed by atoms with Crippen molar-refractivity contribution in [3.05, 3.63) is 107 Å². The van der Waals surface area contributed by atoms with Crippen molar-refractivity contribution in [2.24, 2.45) is 5.10 Å². The van der Waals surface area contributed by atoms with Crippen LogP contribution in [0.2, 0.25) is 0 Å². The zero-order chi connectivity index (χ0) is 22.2. The van der Waals surface area contributed by atoms with Crippen LogP contribution in [0.1, 0.15) is 11.1 Å². The Balaban J connectivity index is 1.33. The number of hydrogen-bond donors (Lipinski definition) is 2. The van der Waals surface area contributed by atoms with Crippen LogP contribution in [0.25, 0.3) is 10.8 Å². The topological polar surface area (TPSA) is 62.7 Å². The van der Waals surface area contributed by atoms with Crippen molar-refractivity contribution in [2.45, 2.75) is 6.61 Å². The van der Waals surface area contributed by atoms with Crippen LogP contribution < -0.4 is 15.5 Å². The molecule has 0 aliphatic carbocycles. The Kier molecular flexibility index (Phi) is 7.15. The van der Waals surface area contributed by atoms with Crippen LogP contribution in [-0.2, 0) is 11.4 Å². The fraction of sp³-hybridized carbons (Fsp3) is 0.0769. The monoisotopic (exact) mass is 487 g/mol. The fourth-order valence-corrected chi connectivity index (χ4v) is 3.72. The molecule has 0 saturated carbocycles. The summed E-state index contributed by atoms with van der Waals surface area (Å²) in [4.78, 5) is 12.2. The lowest BCUT2D eigenvalue weighted by Crippen LogP contribution is -2.25. The number of rotatable bonds is 8. The maximum atomic E-state index is 12.2. The van der Waals surface area contributed by atoms with E-state index in [1.165, 1.54) is 0 Å². The summed E-state index contributed by atoms with van der Waals surface area (Å²) in [6.45, 7) is 0.554. The Labute approximate surface area is 195 Å². The number of para-hydroxylation sites is 1. The van der Waals surface area contributed by atoms with Crippen molar-refractivity contribution in [3.8, 4) is 5.75 Å². The van der Waals surface area contributed by atoms with Gasteiger partial charge in [0.05, 0.1) is 12.8 Å². The van der Waals surface area contributed by atoms with Gasteiger partial charge in [0.2, 0.25) is 0 Å². The molecule has 0 saturated heterocycles. The summed E-state index contributed by atoms with van der Waals surface area (Å²) in [6, 6.07) is 29.5. The van der Waals surface area contributed by atoms with Crippen molar-refractivity contribution >= 4 is 44.5 Å². The summed E-state index contributed by atoms with van der Waals surface area (Å²) in [5.74, 6) is 0.459. The van der Waals surface area contributed by atoms with Gasteiger partial charge in [-0.3, -0.25) is 4.79 Å². The highest BCUT2D eigenvalue weighted by Crippen LogP contribution is 2.22. The minimum absolute atomic E-state index is 0.117. The summed E-state index contributed by atoms with van der Waals surface area (Å²) in [7, 11) is 0. The molecule has 0 heterocycles. The largest absolute Gasteiger partial charge is 0.488 e. The van der Waals surface area contributed by atoms with Crippen molar-refractivity contribution in [2.75, 3.05) is 11.9 Å². The van der Waals surface area contributed by atoms with Crippen LogP contribution in [0.15, 0.2) is 101 Å². The van der Waals surface area contributed by atoms with Crippen LogP contribution in [0.4, 0.5) is 5.69 Å². The van der Waals surface area contributed by atoms with E-state index in [9.17, 15) is 4.79 Å². The van der Waals surface area contributed by atoms with E-state index in [2.05, 4.69) is 31.8 Å². The Hall–Kier alpha value is -3.64. The first-order valence-electron chi connectivity index (χ1n) is 10.2. The number of anilines is 1. The van der Waals surface area contributed by atoms with E-state index >= 15 is 0 Å². The smallest absolute Gasteiger partial charge is 0.259 e. The molecule has 0 atom stereocenters. The number of nitrogens with zero attached hydrogens (tertiary/aromatic N) is 1. The first-order chi connectivity index (χ1) is 15.7. The predicted molar refractivity (Wildman–Crippen MR) is 133 cm³/mol. The molecule has 32 heavy (non-hydrogen) atoms. The molecule has 4 aromatic carbocycles. The maximum absolute atomic E-state index is 12.2. The van der Waals surface area contributed by atoms with Crippen molar-refractivity contribution in [1.82, 2.24) is 5.43 Å². The van der Waals surface area contributed by atoms with E-state index in [0.717, 1.165) is 32.1 Å². The number of fused-ring (bicyclic) bond motifs is 1. The van der Waals surface area contributed by atoms with E-state index in [-0.39, 0.29) is 12.5 Å². The number of ether oxygens (including phenoxy) is 1. The van der Waals surface area contributed by atoms with E-state index in [1.54, 1.807) is 6.21 Å². The van der Waals surface area contributed by atoms with Gasteiger partial charge in [-0.2, -0.15) is 5.10 Å². The summed E-state index contributed by atoms with van der Waals surface area (Å²) in [6.07, 6.45) is 1.59. The van der Waals surface area contributed by atoms with Crippen LogP contribution in [0.3, 0.4) is 0 Å². The number of carbonyl (C=O) groups is 1. The molecule has 4 rings (SSSR count). The van der Waals surface area contributed by atoms with Gasteiger partial charge < -0.3 is 10.1 Å². The molecule has 1 amide bonds. The first-order valence-corrected chi connectivity index (χ1v) is 11.0. The quantitative estimate of drug-likeness (QED) is 0.246. The van der Waals surface area contributed by atoms with Crippen LogP contribution >= 0.6 is 15.9 Å². The standard InChI is InChI=1S/C26H22BrN3O2/c27-22-11-5-7-19(15-22)18-32-25-14-4-2-9-21(25)16-29-30-26(31)17-28-24-13-6-10-20-8-1-3-12-23(20)24/h1-16,28H,17-18H2,(H,30,31). The van der Waals surface area contributed by atoms with Crippen molar-refractivity contribution in [1.29, 1.82) is 0 Å². The lowest BCUT2D eigenvalue weighted by Gasteiger charge is -2.10. The van der Waals surface area contributed by atoms with E-state index < -0.39 is 0 Å². The molecular weight excluding hydrogens is 466 g/mol. The summed E-state index contributed by atoms with van der Waals surface area (Å²) < 4.78 is 6.95. The number of hydrazone groups is 1.